The summed E-state index contributed by atoms with van der Waals surface area (Å²) in [6.07, 6.45) is 1.84. The molecule has 0 spiro atoms. The van der Waals surface area contributed by atoms with Gasteiger partial charge >= 0.3 is 5.97 Å². The molecule has 2 saturated heterocycles. The van der Waals surface area contributed by atoms with E-state index in [2.05, 4.69) is 19.9 Å². The second-order valence-corrected chi connectivity index (χ2v) is 8.46. The fourth-order valence-corrected chi connectivity index (χ4v) is 4.80. The number of carbonyl (C=O) groups excluding carboxylic acids is 1. The maximum atomic E-state index is 12.4. The molecule has 1 N–H and O–H groups in total. The number of fused-ring (bicyclic) bond motifs is 4. The molecule has 0 aromatic heterocycles. The highest BCUT2D eigenvalue weighted by Gasteiger charge is 2.51. The van der Waals surface area contributed by atoms with Crippen molar-refractivity contribution in [1.82, 2.24) is 4.90 Å². The van der Waals surface area contributed by atoms with Gasteiger partial charge < -0.3 is 24.2 Å². The number of piperidine rings is 1. The zero-order chi connectivity index (χ0) is 19.9. The lowest BCUT2D eigenvalue weighted by Crippen LogP contribution is -2.56. The molecule has 7 nitrogen and oxygen atoms in total. The molecular weight excluding hydrogens is 362 g/mol. The lowest BCUT2D eigenvalue weighted by Gasteiger charge is -2.53. The molecule has 0 radical (unpaired) electrons. The molecular formula is C21H27NO6. The molecule has 1 aromatic carbocycles. The average molecular weight is 389 g/mol. The van der Waals surface area contributed by atoms with Crippen LogP contribution in [-0.4, -0.2) is 59.9 Å². The highest BCUT2D eigenvalue weighted by atomic mass is 16.5. The van der Waals surface area contributed by atoms with Crippen molar-refractivity contribution >= 4 is 11.9 Å². The highest BCUT2D eigenvalue weighted by Crippen LogP contribution is 2.52. The number of hydrogen-bond donors (Lipinski definition) is 1. The summed E-state index contributed by atoms with van der Waals surface area (Å²) < 4.78 is 17.8. The first-order chi connectivity index (χ1) is 13.3. The predicted molar refractivity (Wildman–Crippen MR) is 100 cm³/mol. The van der Waals surface area contributed by atoms with Gasteiger partial charge in [0.2, 0.25) is 5.91 Å². The van der Waals surface area contributed by atoms with Crippen molar-refractivity contribution in [2.24, 2.45) is 11.8 Å². The second kappa shape index (κ2) is 7.37. The molecule has 0 unspecified atom stereocenters. The fourth-order valence-electron chi connectivity index (χ4n) is 4.80. The van der Waals surface area contributed by atoms with Gasteiger partial charge in [-0.15, -0.1) is 0 Å². The van der Waals surface area contributed by atoms with E-state index >= 15 is 0 Å². The van der Waals surface area contributed by atoms with Crippen molar-refractivity contribution < 1.29 is 28.9 Å². The monoisotopic (exact) mass is 389 g/mol. The lowest BCUT2D eigenvalue weighted by atomic mass is 9.70. The Morgan fingerprint density at radius 2 is 2.07 bits per heavy atom. The van der Waals surface area contributed by atoms with Crippen LogP contribution >= 0.6 is 0 Å². The van der Waals surface area contributed by atoms with Crippen molar-refractivity contribution in [2.75, 3.05) is 26.3 Å². The number of hydrogen-bond acceptors (Lipinski definition) is 5. The summed E-state index contributed by atoms with van der Waals surface area (Å²) in [5, 5.41) is 8.64. The molecule has 0 saturated carbocycles. The van der Waals surface area contributed by atoms with Gasteiger partial charge in [-0.2, -0.15) is 0 Å². The van der Waals surface area contributed by atoms with Crippen molar-refractivity contribution in [3.63, 3.8) is 0 Å². The summed E-state index contributed by atoms with van der Waals surface area (Å²) in [7, 11) is 0. The molecule has 0 aliphatic carbocycles. The second-order valence-electron chi connectivity index (χ2n) is 8.46. The molecule has 4 atom stereocenters. The zero-order valence-electron chi connectivity index (χ0n) is 16.3. The van der Waals surface area contributed by atoms with Gasteiger partial charge in [0.1, 0.15) is 24.6 Å². The molecule has 4 rings (SSSR count). The van der Waals surface area contributed by atoms with Crippen LogP contribution in [0.3, 0.4) is 0 Å². The van der Waals surface area contributed by atoms with E-state index in [0.717, 1.165) is 24.2 Å². The molecule has 1 aromatic rings. The Kier molecular flexibility index (Phi) is 5.05. The van der Waals surface area contributed by atoms with E-state index < -0.39 is 12.6 Å². The van der Waals surface area contributed by atoms with Crippen LogP contribution in [0.25, 0.3) is 0 Å². The van der Waals surface area contributed by atoms with Crippen LogP contribution in [-0.2, 0) is 19.1 Å². The van der Waals surface area contributed by atoms with Gasteiger partial charge in [0, 0.05) is 30.5 Å². The van der Waals surface area contributed by atoms with E-state index in [1.807, 2.05) is 18.2 Å². The fraction of sp³-hybridized carbons (Fsp3) is 0.619. The van der Waals surface area contributed by atoms with Gasteiger partial charge in [-0.1, -0.05) is 18.2 Å². The zero-order valence-corrected chi connectivity index (χ0v) is 16.3. The summed E-state index contributed by atoms with van der Waals surface area (Å²) in [4.78, 5) is 24.7. The molecule has 3 aliphatic rings. The number of nitrogens with zero attached hydrogens (tertiary/aromatic N) is 1. The average Bonchev–Trinajstić information content (AvgIpc) is 2.66. The minimum atomic E-state index is -1.07. The first-order valence-electron chi connectivity index (χ1n) is 9.86. The largest absolute Gasteiger partial charge is 0.487 e. The Hall–Kier alpha value is -2.12. The van der Waals surface area contributed by atoms with Gasteiger partial charge in [-0.3, -0.25) is 4.79 Å². The number of aliphatic carboxylic acids is 1. The van der Waals surface area contributed by atoms with Crippen molar-refractivity contribution in [2.45, 2.75) is 44.5 Å². The predicted octanol–water partition coefficient (Wildman–Crippen LogP) is 2.25. The van der Waals surface area contributed by atoms with E-state index in [1.165, 1.54) is 0 Å². The van der Waals surface area contributed by atoms with Crippen molar-refractivity contribution in [3.8, 4) is 5.75 Å². The van der Waals surface area contributed by atoms with E-state index in [0.29, 0.717) is 13.1 Å². The van der Waals surface area contributed by atoms with Gasteiger partial charge in [0.15, 0.2) is 0 Å². The maximum absolute atomic E-state index is 12.4. The third-order valence-corrected chi connectivity index (χ3v) is 6.20. The normalized spacial score (nSPS) is 30.4. The van der Waals surface area contributed by atoms with Crippen LogP contribution in [0.15, 0.2) is 24.3 Å². The summed E-state index contributed by atoms with van der Waals surface area (Å²) in [6.45, 7) is 4.78. The van der Waals surface area contributed by atoms with Gasteiger partial charge in [0.05, 0.1) is 12.2 Å². The third-order valence-electron chi connectivity index (χ3n) is 6.20. The topological polar surface area (TPSA) is 85.3 Å². The maximum Gasteiger partial charge on any atom is 0.329 e. The first-order valence-corrected chi connectivity index (χ1v) is 9.86. The van der Waals surface area contributed by atoms with E-state index in [-0.39, 0.29) is 42.2 Å². The molecule has 0 bridgehead atoms. The van der Waals surface area contributed by atoms with Crippen LogP contribution in [0.5, 0.6) is 5.75 Å². The number of benzene rings is 1. The van der Waals surface area contributed by atoms with Crippen LogP contribution in [0, 0.1) is 11.8 Å². The van der Waals surface area contributed by atoms with Gasteiger partial charge in [-0.05, 0) is 32.8 Å². The van der Waals surface area contributed by atoms with Gasteiger partial charge in [-0.25, -0.2) is 4.79 Å². The number of rotatable bonds is 4. The van der Waals surface area contributed by atoms with Crippen LogP contribution < -0.4 is 4.74 Å². The van der Waals surface area contributed by atoms with E-state index in [1.54, 1.807) is 4.90 Å². The summed E-state index contributed by atoms with van der Waals surface area (Å²) in [5.41, 5.74) is 0.770. The minimum Gasteiger partial charge on any atom is -0.487 e. The van der Waals surface area contributed by atoms with Gasteiger partial charge in [0.25, 0.3) is 0 Å². The number of amides is 1. The summed E-state index contributed by atoms with van der Waals surface area (Å²) in [5.74, 6) is 0.119. The van der Waals surface area contributed by atoms with Crippen LogP contribution in [0.2, 0.25) is 0 Å². The molecule has 152 valence electrons. The third kappa shape index (κ3) is 3.61. The SMILES string of the molecule is CC1(C)Oc2ccccc2[C@@H]2O[C@@H]3CCN(C(=O)COCC(=O)O)C[C@H]3C[C@H]21. The Balaban J connectivity index is 1.45. The Bertz CT molecular complexity index is 763. The smallest absolute Gasteiger partial charge is 0.329 e. The molecule has 2 fully saturated rings. The van der Waals surface area contributed by atoms with E-state index in [4.69, 9.17) is 19.3 Å². The summed E-state index contributed by atoms with van der Waals surface area (Å²) >= 11 is 0. The Morgan fingerprint density at radius 1 is 1.29 bits per heavy atom. The summed E-state index contributed by atoms with van der Waals surface area (Å²) in [6, 6.07) is 8.09. The first kappa shape index (κ1) is 19.2. The van der Waals surface area contributed by atoms with E-state index in [9.17, 15) is 9.59 Å². The molecule has 1 amide bonds. The highest BCUT2D eigenvalue weighted by molar-refractivity contribution is 5.78. The van der Waals surface area contributed by atoms with Crippen molar-refractivity contribution in [3.05, 3.63) is 29.8 Å². The number of para-hydroxylation sites is 1. The Labute approximate surface area is 164 Å². The number of carbonyl (C=O) groups is 2. The number of ether oxygens (including phenoxy) is 3. The number of carboxylic acids is 1. The number of likely N-dealkylation sites (tertiary alicyclic amines) is 1. The molecule has 28 heavy (non-hydrogen) atoms. The molecule has 7 heteroatoms. The minimum absolute atomic E-state index is 0.0161. The standard InChI is InChI=1S/C21H27NO6/c1-21(2)15-9-13-10-22(18(23)11-26-12-19(24)25)8-7-16(13)27-20(15)14-5-3-4-6-17(14)28-21/h3-6,13,15-16,20H,7-12H2,1-2H3,(H,24,25)/t13-,15-,16-,20+/m1/s1. The Morgan fingerprint density at radius 3 is 2.86 bits per heavy atom. The lowest BCUT2D eigenvalue weighted by molar-refractivity contribution is -0.189. The van der Waals surface area contributed by atoms with Crippen molar-refractivity contribution in [1.29, 1.82) is 0 Å². The van der Waals surface area contributed by atoms with Crippen LogP contribution in [0.1, 0.15) is 38.4 Å². The molecule has 3 heterocycles. The molecule has 3 aliphatic heterocycles. The number of carboxylic acid groups (broad SMARTS) is 1. The van der Waals surface area contributed by atoms with Crippen LogP contribution in [0.4, 0.5) is 0 Å². The quantitative estimate of drug-likeness (QED) is 0.850.